The molecule has 2 N–H and O–H groups in total. The summed E-state index contributed by atoms with van der Waals surface area (Å²) in [4.78, 5) is 0. The van der Waals surface area contributed by atoms with Gasteiger partial charge in [-0.15, -0.1) is 0 Å². The molecule has 0 bridgehead atoms. The van der Waals surface area contributed by atoms with E-state index in [4.69, 9.17) is 10.5 Å². The van der Waals surface area contributed by atoms with Crippen LogP contribution in [0.1, 0.15) is 29.5 Å². The van der Waals surface area contributed by atoms with Crippen LogP contribution in [0, 0.1) is 13.8 Å². The van der Waals surface area contributed by atoms with E-state index in [0.29, 0.717) is 6.61 Å². The molecule has 1 heterocycles. The van der Waals surface area contributed by atoms with E-state index < -0.39 is 0 Å². The van der Waals surface area contributed by atoms with Gasteiger partial charge in [-0.05, 0) is 43.4 Å². The largest absolute Gasteiger partial charge is 0.379 e. The molecule has 1 fully saturated rings. The lowest BCUT2D eigenvalue weighted by molar-refractivity contribution is 0.0364. The summed E-state index contributed by atoms with van der Waals surface area (Å²) in [6.07, 6.45) is 2.08. The van der Waals surface area contributed by atoms with Gasteiger partial charge >= 0.3 is 0 Å². The van der Waals surface area contributed by atoms with Gasteiger partial charge in [-0.1, -0.05) is 18.2 Å². The Hall–Kier alpha value is -0.860. The molecule has 2 heteroatoms. The van der Waals surface area contributed by atoms with Crippen LogP contribution in [-0.2, 0) is 10.3 Å². The summed E-state index contributed by atoms with van der Waals surface area (Å²) in [5.74, 6) is 0. The van der Waals surface area contributed by atoms with Crippen LogP contribution in [0.15, 0.2) is 18.2 Å². The van der Waals surface area contributed by atoms with E-state index in [0.717, 1.165) is 19.4 Å². The minimum Gasteiger partial charge on any atom is -0.379 e. The van der Waals surface area contributed by atoms with Crippen LogP contribution in [0.2, 0.25) is 0 Å². The summed E-state index contributed by atoms with van der Waals surface area (Å²) >= 11 is 0. The van der Waals surface area contributed by atoms with Crippen molar-refractivity contribution in [1.82, 2.24) is 0 Å². The highest BCUT2D eigenvalue weighted by molar-refractivity contribution is 5.38. The van der Waals surface area contributed by atoms with E-state index in [1.165, 1.54) is 16.7 Å². The van der Waals surface area contributed by atoms with Gasteiger partial charge < -0.3 is 10.5 Å². The Morgan fingerprint density at radius 3 is 2.80 bits per heavy atom. The third-order valence-corrected chi connectivity index (χ3v) is 3.41. The molecule has 1 aromatic rings. The van der Waals surface area contributed by atoms with Gasteiger partial charge in [0.05, 0.1) is 12.1 Å². The SMILES string of the molecule is Cc1cccc(C2(N)CCCOC2)c1C. The van der Waals surface area contributed by atoms with E-state index in [2.05, 4.69) is 32.0 Å². The van der Waals surface area contributed by atoms with E-state index >= 15 is 0 Å². The summed E-state index contributed by atoms with van der Waals surface area (Å²) < 4.78 is 5.51. The van der Waals surface area contributed by atoms with E-state index in [9.17, 15) is 0 Å². The second-order valence-corrected chi connectivity index (χ2v) is 4.56. The van der Waals surface area contributed by atoms with Crippen molar-refractivity contribution in [1.29, 1.82) is 0 Å². The molecule has 0 amide bonds. The number of hydrogen-bond acceptors (Lipinski definition) is 2. The lowest BCUT2D eigenvalue weighted by atomic mass is 9.82. The standard InChI is InChI=1S/C13H19NO/c1-10-5-3-6-12(11(10)2)13(14)7-4-8-15-9-13/h3,5-6H,4,7-9,14H2,1-2H3. The lowest BCUT2D eigenvalue weighted by Crippen LogP contribution is -2.45. The fourth-order valence-corrected chi connectivity index (χ4v) is 2.32. The minimum absolute atomic E-state index is 0.269. The van der Waals surface area contributed by atoms with Crippen molar-refractivity contribution in [3.63, 3.8) is 0 Å². The number of nitrogens with two attached hydrogens (primary N) is 1. The van der Waals surface area contributed by atoms with Gasteiger partial charge in [-0.25, -0.2) is 0 Å². The maximum atomic E-state index is 6.43. The van der Waals surface area contributed by atoms with Crippen molar-refractivity contribution in [2.24, 2.45) is 5.73 Å². The maximum Gasteiger partial charge on any atom is 0.0688 e. The van der Waals surface area contributed by atoms with E-state index in [-0.39, 0.29) is 5.54 Å². The van der Waals surface area contributed by atoms with Crippen molar-refractivity contribution in [2.45, 2.75) is 32.2 Å². The molecule has 1 saturated heterocycles. The molecule has 0 radical (unpaired) electrons. The second kappa shape index (κ2) is 3.95. The highest BCUT2D eigenvalue weighted by atomic mass is 16.5. The molecule has 2 nitrogen and oxygen atoms in total. The molecule has 1 unspecified atom stereocenters. The smallest absolute Gasteiger partial charge is 0.0688 e. The average molecular weight is 205 g/mol. The second-order valence-electron chi connectivity index (χ2n) is 4.56. The van der Waals surface area contributed by atoms with Crippen LogP contribution >= 0.6 is 0 Å². The first-order valence-corrected chi connectivity index (χ1v) is 5.57. The van der Waals surface area contributed by atoms with Crippen LogP contribution in [0.25, 0.3) is 0 Å². The van der Waals surface area contributed by atoms with Crippen LogP contribution in [0.4, 0.5) is 0 Å². The molecule has 1 atom stereocenters. The Balaban J connectivity index is 2.39. The molecule has 15 heavy (non-hydrogen) atoms. The third-order valence-electron chi connectivity index (χ3n) is 3.41. The zero-order valence-electron chi connectivity index (χ0n) is 9.55. The monoisotopic (exact) mass is 205 g/mol. The van der Waals surface area contributed by atoms with Crippen LogP contribution < -0.4 is 5.73 Å². The highest BCUT2D eigenvalue weighted by Crippen LogP contribution is 2.30. The first kappa shape index (κ1) is 10.7. The highest BCUT2D eigenvalue weighted by Gasteiger charge is 2.31. The first-order valence-electron chi connectivity index (χ1n) is 5.57. The zero-order chi connectivity index (χ0) is 10.9. The van der Waals surface area contributed by atoms with Gasteiger partial charge in [0.15, 0.2) is 0 Å². The molecule has 1 aliphatic rings. The molecule has 0 aromatic heterocycles. The van der Waals surface area contributed by atoms with Gasteiger partial charge in [-0.3, -0.25) is 0 Å². The topological polar surface area (TPSA) is 35.2 Å². The number of aryl methyl sites for hydroxylation is 1. The van der Waals surface area contributed by atoms with Crippen molar-refractivity contribution < 1.29 is 4.74 Å². The number of ether oxygens (including phenoxy) is 1. The molecule has 0 spiro atoms. The van der Waals surface area contributed by atoms with Gasteiger partial charge in [-0.2, -0.15) is 0 Å². The summed E-state index contributed by atoms with van der Waals surface area (Å²) in [6.45, 7) is 5.78. The quantitative estimate of drug-likeness (QED) is 0.763. The van der Waals surface area contributed by atoms with Crippen molar-refractivity contribution in [3.8, 4) is 0 Å². The average Bonchev–Trinajstić information content (AvgIpc) is 2.23. The summed E-state index contributed by atoms with van der Waals surface area (Å²) in [7, 11) is 0. The molecule has 2 rings (SSSR count). The summed E-state index contributed by atoms with van der Waals surface area (Å²) in [6, 6.07) is 6.35. The van der Waals surface area contributed by atoms with Crippen molar-refractivity contribution in [3.05, 3.63) is 34.9 Å². The normalized spacial score (nSPS) is 26.6. The van der Waals surface area contributed by atoms with Gasteiger partial charge in [0.25, 0.3) is 0 Å². The van der Waals surface area contributed by atoms with Crippen LogP contribution in [0.3, 0.4) is 0 Å². The Morgan fingerprint density at radius 1 is 1.33 bits per heavy atom. The molecule has 0 saturated carbocycles. The predicted octanol–water partition coefficient (Wildman–Crippen LogP) is 2.27. The lowest BCUT2D eigenvalue weighted by Gasteiger charge is -2.35. The van der Waals surface area contributed by atoms with Crippen LogP contribution in [-0.4, -0.2) is 13.2 Å². The van der Waals surface area contributed by atoms with Gasteiger partial charge in [0.2, 0.25) is 0 Å². The minimum atomic E-state index is -0.269. The fourth-order valence-electron chi connectivity index (χ4n) is 2.32. The number of hydrogen-bond donors (Lipinski definition) is 1. The first-order chi connectivity index (χ1) is 7.13. The Morgan fingerprint density at radius 2 is 2.13 bits per heavy atom. The molecule has 1 aromatic carbocycles. The zero-order valence-corrected chi connectivity index (χ0v) is 9.55. The van der Waals surface area contributed by atoms with E-state index in [1.807, 2.05) is 0 Å². The number of rotatable bonds is 1. The van der Waals surface area contributed by atoms with E-state index in [1.54, 1.807) is 0 Å². The fraction of sp³-hybridized carbons (Fsp3) is 0.538. The van der Waals surface area contributed by atoms with Crippen molar-refractivity contribution >= 4 is 0 Å². The summed E-state index contributed by atoms with van der Waals surface area (Å²) in [5, 5.41) is 0. The molecule has 1 aliphatic heterocycles. The Kier molecular flexibility index (Phi) is 2.81. The summed E-state index contributed by atoms with van der Waals surface area (Å²) in [5.41, 5.74) is 10.0. The molecular weight excluding hydrogens is 186 g/mol. The van der Waals surface area contributed by atoms with Crippen LogP contribution in [0.5, 0.6) is 0 Å². The van der Waals surface area contributed by atoms with Crippen molar-refractivity contribution in [2.75, 3.05) is 13.2 Å². The predicted molar refractivity (Wildman–Crippen MR) is 61.8 cm³/mol. The maximum absolute atomic E-state index is 6.43. The van der Waals surface area contributed by atoms with Gasteiger partial charge in [0, 0.05) is 6.61 Å². The third kappa shape index (κ3) is 1.92. The Bertz CT molecular complexity index is 354. The molecule has 0 aliphatic carbocycles. The Labute approximate surface area is 91.4 Å². The molecular formula is C13H19NO. The van der Waals surface area contributed by atoms with Gasteiger partial charge in [0.1, 0.15) is 0 Å². The number of benzene rings is 1. The molecule has 82 valence electrons.